The number of aromatic nitrogens is 1. The van der Waals surface area contributed by atoms with Gasteiger partial charge in [0.2, 0.25) is 0 Å². The van der Waals surface area contributed by atoms with E-state index >= 15 is 0 Å². The standard InChI is InChI=1S/C12H17N3/c1-9(7-13)14-8-11-6-10-4-2-3-5-12(10)15-11/h2-6,9,14-15H,7-8,13H2,1H3. The second kappa shape index (κ2) is 4.47. The van der Waals surface area contributed by atoms with Crippen LogP contribution in [-0.2, 0) is 6.54 Å². The van der Waals surface area contributed by atoms with E-state index in [2.05, 4.69) is 41.5 Å². The number of benzene rings is 1. The number of aromatic amines is 1. The van der Waals surface area contributed by atoms with Crippen molar-refractivity contribution < 1.29 is 0 Å². The third kappa shape index (κ3) is 2.37. The first-order valence-electron chi connectivity index (χ1n) is 5.29. The average Bonchev–Trinajstić information content (AvgIpc) is 2.68. The molecular formula is C12H17N3. The molecule has 15 heavy (non-hydrogen) atoms. The minimum Gasteiger partial charge on any atom is -0.357 e. The van der Waals surface area contributed by atoms with Crippen molar-refractivity contribution in [2.45, 2.75) is 19.5 Å². The molecule has 0 aliphatic rings. The maximum atomic E-state index is 5.54. The number of nitrogens with two attached hydrogens (primary N) is 1. The van der Waals surface area contributed by atoms with Crippen LogP contribution in [0.4, 0.5) is 0 Å². The van der Waals surface area contributed by atoms with Gasteiger partial charge in [0.25, 0.3) is 0 Å². The van der Waals surface area contributed by atoms with E-state index in [1.165, 1.54) is 16.6 Å². The summed E-state index contributed by atoms with van der Waals surface area (Å²) in [6.07, 6.45) is 0. The molecule has 2 aromatic rings. The Kier molecular flexibility index (Phi) is 3.04. The van der Waals surface area contributed by atoms with Crippen molar-refractivity contribution in [3.05, 3.63) is 36.0 Å². The number of para-hydroxylation sites is 1. The van der Waals surface area contributed by atoms with Gasteiger partial charge in [0.1, 0.15) is 0 Å². The second-order valence-corrected chi connectivity index (χ2v) is 3.90. The van der Waals surface area contributed by atoms with Crippen LogP contribution >= 0.6 is 0 Å². The van der Waals surface area contributed by atoms with Gasteiger partial charge in [-0.3, -0.25) is 0 Å². The molecule has 1 aromatic heterocycles. The molecule has 0 aliphatic heterocycles. The molecule has 3 heteroatoms. The van der Waals surface area contributed by atoms with E-state index in [0.29, 0.717) is 12.6 Å². The van der Waals surface area contributed by atoms with E-state index in [4.69, 9.17) is 5.73 Å². The zero-order chi connectivity index (χ0) is 10.7. The predicted octanol–water partition coefficient (Wildman–Crippen LogP) is 1.60. The Bertz CT molecular complexity index is 400. The Morgan fingerprint density at radius 1 is 1.40 bits per heavy atom. The molecule has 0 amide bonds. The first-order valence-corrected chi connectivity index (χ1v) is 5.29. The van der Waals surface area contributed by atoms with Gasteiger partial charge in [-0.05, 0) is 24.4 Å². The predicted molar refractivity (Wildman–Crippen MR) is 63.7 cm³/mol. The Labute approximate surface area is 89.7 Å². The number of H-pyrrole nitrogens is 1. The van der Waals surface area contributed by atoms with Gasteiger partial charge >= 0.3 is 0 Å². The highest BCUT2D eigenvalue weighted by molar-refractivity contribution is 5.80. The summed E-state index contributed by atoms with van der Waals surface area (Å²) in [4.78, 5) is 3.37. The third-order valence-corrected chi connectivity index (χ3v) is 2.58. The van der Waals surface area contributed by atoms with Crippen molar-refractivity contribution in [3.8, 4) is 0 Å². The normalized spacial score (nSPS) is 13.2. The van der Waals surface area contributed by atoms with Crippen LogP contribution in [0.25, 0.3) is 10.9 Å². The molecule has 1 atom stereocenters. The molecule has 0 fully saturated rings. The van der Waals surface area contributed by atoms with Gasteiger partial charge in [-0.15, -0.1) is 0 Å². The molecule has 1 aromatic carbocycles. The maximum absolute atomic E-state index is 5.54. The van der Waals surface area contributed by atoms with Gasteiger partial charge in [-0.1, -0.05) is 18.2 Å². The summed E-state index contributed by atoms with van der Waals surface area (Å²) in [7, 11) is 0. The van der Waals surface area contributed by atoms with Gasteiger partial charge in [-0.2, -0.15) is 0 Å². The Hall–Kier alpha value is -1.32. The first kappa shape index (κ1) is 10.2. The molecule has 3 nitrogen and oxygen atoms in total. The molecule has 1 heterocycles. The zero-order valence-electron chi connectivity index (χ0n) is 8.96. The maximum Gasteiger partial charge on any atom is 0.0456 e. The molecule has 0 bridgehead atoms. The molecule has 1 unspecified atom stereocenters. The number of hydrogen-bond acceptors (Lipinski definition) is 2. The topological polar surface area (TPSA) is 53.8 Å². The monoisotopic (exact) mass is 203 g/mol. The lowest BCUT2D eigenvalue weighted by molar-refractivity contribution is 0.552. The van der Waals surface area contributed by atoms with Crippen LogP contribution < -0.4 is 11.1 Å². The van der Waals surface area contributed by atoms with E-state index < -0.39 is 0 Å². The molecule has 0 radical (unpaired) electrons. The molecule has 80 valence electrons. The smallest absolute Gasteiger partial charge is 0.0456 e. The summed E-state index contributed by atoms with van der Waals surface area (Å²) < 4.78 is 0. The number of nitrogens with one attached hydrogen (secondary N) is 2. The first-order chi connectivity index (χ1) is 7.29. The van der Waals surface area contributed by atoms with Crippen molar-refractivity contribution in [1.82, 2.24) is 10.3 Å². The summed E-state index contributed by atoms with van der Waals surface area (Å²) in [5.41, 5.74) is 7.93. The van der Waals surface area contributed by atoms with Crippen molar-refractivity contribution in [2.75, 3.05) is 6.54 Å². The van der Waals surface area contributed by atoms with Gasteiger partial charge in [0.15, 0.2) is 0 Å². The van der Waals surface area contributed by atoms with Crippen LogP contribution in [0.15, 0.2) is 30.3 Å². The highest BCUT2D eigenvalue weighted by Gasteiger charge is 2.01. The number of hydrogen-bond donors (Lipinski definition) is 3. The summed E-state index contributed by atoms with van der Waals surface area (Å²) in [6.45, 7) is 3.59. The van der Waals surface area contributed by atoms with Crippen LogP contribution in [-0.4, -0.2) is 17.6 Å². The second-order valence-electron chi connectivity index (χ2n) is 3.90. The van der Waals surface area contributed by atoms with Crippen LogP contribution in [0.3, 0.4) is 0 Å². The van der Waals surface area contributed by atoms with Crippen LogP contribution in [0.2, 0.25) is 0 Å². The van der Waals surface area contributed by atoms with Gasteiger partial charge in [0, 0.05) is 30.3 Å². The average molecular weight is 203 g/mol. The lowest BCUT2D eigenvalue weighted by atomic mass is 10.2. The van der Waals surface area contributed by atoms with Crippen molar-refractivity contribution >= 4 is 10.9 Å². The van der Waals surface area contributed by atoms with E-state index in [0.717, 1.165) is 6.54 Å². The van der Waals surface area contributed by atoms with Gasteiger partial charge < -0.3 is 16.0 Å². The van der Waals surface area contributed by atoms with Crippen LogP contribution in [0.5, 0.6) is 0 Å². The fourth-order valence-corrected chi connectivity index (χ4v) is 1.60. The Balaban J connectivity index is 2.09. The minimum absolute atomic E-state index is 0.358. The number of fused-ring (bicyclic) bond motifs is 1. The van der Waals surface area contributed by atoms with Crippen molar-refractivity contribution in [1.29, 1.82) is 0 Å². The third-order valence-electron chi connectivity index (χ3n) is 2.58. The fourth-order valence-electron chi connectivity index (χ4n) is 1.60. The van der Waals surface area contributed by atoms with E-state index in [1.807, 2.05) is 6.07 Å². The summed E-state index contributed by atoms with van der Waals surface area (Å²) >= 11 is 0. The summed E-state index contributed by atoms with van der Waals surface area (Å²) in [5.74, 6) is 0. The highest BCUT2D eigenvalue weighted by Crippen LogP contribution is 2.14. The molecule has 4 N–H and O–H groups in total. The molecule has 0 aliphatic carbocycles. The Morgan fingerprint density at radius 2 is 2.20 bits per heavy atom. The molecule has 2 rings (SSSR count). The lowest BCUT2D eigenvalue weighted by Crippen LogP contribution is -2.32. The molecule has 0 spiro atoms. The molecule has 0 saturated carbocycles. The fraction of sp³-hybridized carbons (Fsp3) is 0.333. The molecular weight excluding hydrogens is 186 g/mol. The van der Waals surface area contributed by atoms with Crippen molar-refractivity contribution in [3.63, 3.8) is 0 Å². The zero-order valence-corrected chi connectivity index (χ0v) is 8.96. The van der Waals surface area contributed by atoms with E-state index in [9.17, 15) is 0 Å². The summed E-state index contributed by atoms with van der Waals surface area (Å²) in [6, 6.07) is 10.8. The van der Waals surface area contributed by atoms with Gasteiger partial charge in [-0.25, -0.2) is 0 Å². The highest BCUT2D eigenvalue weighted by atomic mass is 14.9. The van der Waals surface area contributed by atoms with Gasteiger partial charge in [0.05, 0.1) is 0 Å². The molecule has 0 saturated heterocycles. The largest absolute Gasteiger partial charge is 0.357 e. The van der Waals surface area contributed by atoms with E-state index in [-0.39, 0.29) is 0 Å². The Morgan fingerprint density at radius 3 is 2.93 bits per heavy atom. The van der Waals surface area contributed by atoms with E-state index in [1.54, 1.807) is 0 Å². The quantitative estimate of drug-likeness (QED) is 0.707. The number of rotatable bonds is 4. The summed E-state index contributed by atoms with van der Waals surface area (Å²) in [5, 5.41) is 4.61. The van der Waals surface area contributed by atoms with Crippen LogP contribution in [0, 0.1) is 0 Å². The minimum atomic E-state index is 0.358. The lowest BCUT2D eigenvalue weighted by Gasteiger charge is -2.09. The SMILES string of the molecule is CC(CN)NCc1cc2ccccc2[nH]1. The van der Waals surface area contributed by atoms with Crippen LogP contribution in [0.1, 0.15) is 12.6 Å². The van der Waals surface area contributed by atoms with Crippen molar-refractivity contribution in [2.24, 2.45) is 5.73 Å².